The van der Waals surface area contributed by atoms with Gasteiger partial charge in [0, 0.05) is 6.10 Å². The fraction of sp³-hybridized carbons (Fsp3) is 1.00. The van der Waals surface area contributed by atoms with Crippen molar-refractivity contribution in [1.29, 1.82) is 0 Å². The van der Waals surface area contributed by atoms with Gasteiger partial charge < -0.3 is 4.43 Å². The van der Waals surface area contributed by atoms with Crippen molar-refractivity contribution in [3.63, 3.8) is 0 Å². The molecular weight excluding hydrogens is 104 g/mol. The summed E-state index contributed by atoms with van der Waals surface area (Å²) < 4.78 is 5.35. The Kier molecular flexibility index (Phi) is 3.30. The average molecular weight is 117 g/mol. The lowest BCUT2D eigenvalue weighted by Gasteiger charge is -2.23. The van der Waals surface area contributed by atoms with Gasteiger partial charge in [-0.1, -0.05) is 0 Å². The Morgan fingerprint density at radius 2 is 1.71 bits per heavy atom. The molecular formula is C5H13OSi-. The van der Waals surface area contributed by atoms with Gasteiger partial charge in [0.15, 0.2) is 0 Å². The van der Waals surface area contributed by atoms with Crippen molar-refractivity contribution in [2.45, 2.75) is 33.0 Å². The van der Waals surface area contributed by atoms with E-state index in [4.69, 9.17) is 4.43 Å². The Morgan fingerprint density at radius 1 is 1.29 bits per heavy atom. The van der Waals surface area contributed by atoms with Crippen LogP contribution in [-0.4, -0.2) is 15.1 Å². The van der Waals surface area contributed by atoms with Crippen molar-refractivity contribution in [2.24, 2.45) is 0 Å². The molecule has 0 aromatic carbocycles. The minimum atomic E-state index is -0.434. The van der Waals surface area contributed by atoms with Gasteiger partial charge in [0.05, 0.1) is 0 Å². The van der Waals surface area contributed by atoms with E-state index in [9.17, 15) is 0 Å². The van der Waals surface area contributed by atoms with Gasteiger partial charge in [0.25, 0.3) is 0 Å². The molecule has 0 aliphatic rings. The predicted molar refractivity (Wildman–Crippen MR) is 33.7 cm³/mol. The van der Waals surface area contributed by atoms with Gasteiger partial charge in [-0.2, -0.15) is 13.1 Å². The molecule has 0 bridgehead atoms. The van der Waals surface area contributed by atoms with Gasteiger partial charge in [0.1, 0.15) is 0 Å². The van der Waals surface area contributed by atoms with Crippen molar-refractivity contribution < 1.29 is 4.43 Å². The van der Waals surface area contributed by atoms with Gasteiger partial charge in [-0.3, -0.25) is 0 Å². The second-order valence-corrected chi connectivity index (χ2v) is 4.13. The van der Waals surface area contributed by atoms with Crippen LogP contribution in [0.4, 0.5) is 0 Å². The quantitative estimate of drug-likeness (QED) is 0.500. The molecule has 0 amide bonds. The zero-order valence-corrected chi connectivity index (χ0v) is 6.49. The smallest absolute Gasteiger partial charge is 0.00789 e. The Bertz CT molecular complexity index is 37.3. The third-order valence-electron chi connectivity index (χ3n) is 0.471. The van der Waals surface area contributed by atoms with Crippen molar-refractivity contribution >= 4 is 9.04 Å². The summed E-state index contributed by atoms with van der Waals surface area (Å²) in [4.78, 5) is 0. The molecule has 0 aromatic rings. The summed E-state index contributed by atoms with van der Waals surface area (Å²) in [6, 6.07) is 0. The van der Waals surface area contributed by atoms with Crippen LogP contribution in [0.15, 0.2) is 0 Å². The third-order valence-corrected chi connectivity index (χ3v) is 1.41. The monoisotopic (exact) mass is 117 g/mol. The molecule has 0 aromatic heterocycles. The summed E-state index contributed by atoms with van der Waals surface area (Å²) >= 11 is 0. The van der Waals surface area contributed by atoms with E-state index in [1.54, 1.807) is 0 Å². The normalized spacial score (nSPS) is 11.1. The van der Waals surface area contributed by atoms with Gasteiger partial charge in [-0.05, 0) is 13.8 Å². The standard InChI is InChI=1S/C5H13OSi/c1-5(2)6-7(3)4/h5H,1-4H3/q-1. The van der Waals surface area contributed by atoms with Crippen molar-refractivity contribution in [2.75, 3.05) is 0 Å². The molecule has 0 aliphatic carbocycles. The van der Waals surface area contributed by atoms with Crippen LogP contribution in [-0.2, 0) is 4.43 Å². The fourth-order valence-electron chi connectivity index (χ4n) is 0.471. The second kappa shape index (κ2) is 3.21. The summed E-state index contributed by atoms with van der Waals surface area (Å²) in [5.74, 6) is 0. The molecule has 1 nitrogen and oxygen atoms in total. The Balaban J connectivity index is 2.95. The zero-order chi connectivity index (χ0) is 5.86. The van der Waals surface area contributed by atoms with Crippen LogP contribution >= 0.6 is 0 Å². The van der Waals surface area contributed by atoms with E-state index in [0.29, 0.717) is 6.10 Å². The van der Waals surface area contributed by atoms with Gasteiger partial charge in [-0.15, -0.1) is 9.04 Å². The van der Waals surface area contributed by atoms with Crippen LogP contribution in [0.2, 0.25) is 13.1 Å². The number of hydrogen-bond acceptors (Lipinski definition) is 1. The van der Waals surface area contributed by atoms with Crippen LogP contribution in [0.5, 0.6) is 0 Å². The molecule has 0 rings (SSSR count). The molecule has 0 N–H and O–H groups in total. The molecule has 0 fully saturated rings. The maximum atomic E-state index is 5.35. The van der Waals surface area contributed by atoms with E-state index in [0.717, 1.165) is 0 Å². The van der Waals surface area contributed by atoms with E-state index in [2.05, 4.69) is 26.9 Å². The van der Waals surface area contributed by atoms with E-state index in [-0.39, 0.29) is 0 Å². The van der Waals surface area contributed by atoms with E-state index < -0.39 is 9.04 Å². The maximum absolute atomic E-state index is 5.35. The third kappa shape index (κ3) is 6.18. The van der Waals surface area contributed by atoms with Crippen molar-refractivity contribution in [3.8, 4) is 0 Å². The first-order chi connectivity index (χ1) is 3.13. The highest BCUT2D eigenvalue weighted by atomic mass is 28.3. The molecule has 0 aliphatic heterocycles. The first-order valence-electron chi connectivity index (χ1n) is 2.59. The summed E-state index contributed by atoms with van der Waals surface area (Å²) in [7, 11) is -0.434. The average Bonchev–Trinajstić information content (AvgIpc) is 1.27. The molecule has 0 spiro atoms. The molecule has 0 radical (unpaired) electrons. The van der Waals surface area contributed by atoms with Gasteiger partial charge in [0.2, 0.25) is 0 Å². The maximum Gasteiger partial charge on any atom is 0.00789 e. The summed E-state index contributed by atoms with van der Waals surface area (Å²) in [5, 5.41) is 0. The van der Waals surface area contributed by atoms with E-state index >= 15 is 0 Å². The summed E-state index contributed by atoms with van der Waals surface area (Å²) in [5.41, 5.74) is 0. The Labute approximate surface area is 47.4 Å². The zero-order valence-electron chi connectivity index (χ0n) is 5.49. The van der Waals surface area contributed by atoms with Crippen molar-refractivity contribution in [3.05, 3.63) is 0 Å². The lowest BCUT2D eigenvalue weighted by molar-refractivity contribution is 0.247. The summed E-state index contributed by atoms with van der Waals surface area (Å²) in [6.07, 6.45) is 0.420. The number of hydrogen-bond donors (Lipinski definition) is 0. The minimum absolute atomic E-state index is 0.420. The lowest BCUT2D eigenvalue weighted by atomic mass is 10.5. The summed E-state index contributed by atoms with van der Waals surface area (Å²) in [6.45, 7) is 8.42. The molecule has 0 saturated carbocycles. The molecule has 0 heterocycles. The van der Waals surface area contributed by atoms with E-state index in [1.807, 2.05) is 0 Å². The molecule has 44 valence electrons. The predicted octanol–water partition coefficient (Wildman–Crippen LogP) is 1.66. The lowest BCUT2D eigenvalue weighted by Crippen LogP contribution is -2.13. The topological polar surface area (TPSA) is 9.23 Å². The van der Waals surface area contributed by atoms with Crippen LogP contribution in [0.1, 0.15) is 13.8 Å². The Hall–Kier alpha value is 0.177. The molecule has 0 saturated heterocycles. The first kappa shape index (κ1) is 7.18. The van der Waals surface area contributed by atoms with Crippen LogP contribution in [0, 0.1) is 0 Å². The van der Waals surface area contributed by atoms with Crippen LogP contribution < -0.4 is 0 Å². The van der Waals surface area contributed by atoms with E-state index in [1.165, 1.54) is 0 Å². The van der Waals surface area contributed by atoms with Crippen molar-refractivity contribution in [1.82, 2.24) is 0 Å². The van der Waals surface area contributed by atoms with Crippen LogP contribution in [0.3, 0.4) is 0 Å². The van der Waals surface area contributed by atoms with Gasteiger partial charge >= 0.3 is 0 Å². The molecule has 0 atom stereocenters. The first-order valence-corrected chi connectivity index (χ1v) is 5.00. The largest absolute Gasteiger partial charge is 0.587 e. The molecule has 0 unspecified atom stereocenters. The molecule has 7 heavy (non-hydrogen) atoms. The second-order valence-electron chi connectivity index (χ2n) is 2.07. The fourth-order valence-corrected chi connectivity index (χ4v) is 1.41. The highest BCUT2D eigenvalue weighted by Gasteiger charge is 1.83. The van der Waals surface area contributed by atoms with Gasteiger partial charge in [-0.25, -0.2) is 0 Å². The SMILES string of the molecule is CC(C)O[Si-](C)C. The number of rotatable bonds is 2. The molecule has 2 heteroatoms. The Morgan fingerprint density at radius 3 is 1.71 bits per heavy atom. The highest BCUT2D eigenvalue weighted by molar-refractivity contribution is 6.48. The highest BCUT2D eigenvalue weighted by Crippen LogP contribution is 1.90. The minimum Gasteiger partial charge on any atom is -0.587 e. The van der Waals surface area contributed by atoms with Crippen LogP contribution in [0.25, 0.3) is 0 Å².